The Hall–Kier alpha value is -1.25. The molecule has 0 unspecified atom stereocenters. The van der Waals surface area contributed by atoms with Gasteiger partial charge in [-0.05, 0) is 63.2 Å². The molecule has 2 saturated carbocycles. The summed E-state index contributed by atoms with van der Waals surface area (Å²) in [6, 6.07) is 0. The highest BCUT2D eigenvalue weighted by molar-refractivity contribution is 5.39. The van der Waals surface area contributed by atoms with Gasteiger partial charge in [-0.2, -0.15) is 0 Å². The van der Waals surface area contributed by atoms with Crippen molar-refractivity contribution >= 4 is 0 Å². The molecule has 2 fully saturated rings. The fourth-order valence-electron chi connectivity index (χ4n) is 4.91. The van der Waals surface area contributed by atoms with Crippen LogP contribution in [0.4, 0.5) is 0 Å². The fourth-order valence-corrected chi connectivity index (χ4v) is 4.91. The number of rotatable bonds is 2. The summed E-state index contributed by atoms with van der Waals surface area (Å²) < 4.78 is 5.31. The Morgan fingerprint density at radius 1 is 1.18 bits per heavy atom. The zero-order valence-electron chi connectivity index (χ0n) is 14.1. The van der Waals surface area contributed by atoms with Gasteiger partial charge in [-0.1, -0.05) is 26.2 Å². The van der Waals surface area contributed by atoms with Gasteiger partial charge in [-0.15, -0.1) is 0 Å². The molecule has 2 aliphatic rings. The van der Waals surface area contributed by atoms with Crippen LogP contribution in [0.1, 0.15) is 68.8 Å². The van der Waals surface area contributed by atoms with Crippen molar-refractivity contribution in [2.24, 2.45) is 17.3 Å². The molecule has 0 amide bonds. The van der Waals surface area contributed by atoms with Crippen molar-refractivity contribution in [2.45, 2.75) is 72.1 Å². The largest absolute Gasteiger partial charge is 0.507 e. The molecule has 3 atom stereocenters. The molecule has 0 radical (unpaired) electrons. The number of aromatic hydroxyl groups is 1. The van der Waals surface area contributed by atoms with E-state index in [-0.39, 0.29) is 11.4 Å². The lowest BCUT2D eigenvalue weighted by Gasteiger charge is -2.50. The molecule has 2 aliphatic carbocycles. The molecular weight excluding hydrogens is 276 g/mol. The Kier molecular flexibility index (Phi) is 4.09. The summed E-state index contributed by atoms with van der Waals surface area (Å²) in [5.41, 5.74) is 1.19. The highest BCUT2D eigenvalue weighted by Crippen LogP contribution is 2.54. The van der Waals surface area contributed by atoms with E-state index in [2.05, 4.69) is 6.92 Å². The van der Waals surface area contributed by atoms with Gasteiger partial charge in [0.1, 0.15) is 11.5 Å². The Balaban J connectivity index is 1.92. The van der Waals surface area contributed by atoms with Crippen LogP contribution in [0.25, 0.3) is 0 Å². The van der Waals surface area contributed by atoms with Gasteiger partial charge >= 0.3 is 5.63 Å². The lowest BCUT2D eigenvalue weighted by atomic mass is 9.54. The highest BCUT2D eigenvalue weighted by Gasteiger charge is 2.45. The van der Waals surface area contributed by atoms with Gasteiger partial charge in [0.05, 0.1) is 5.56 Å². The Morgan fingerprint density at radius 3 is 2.68 bits per heavy atom. The van der Waals surface area contributed by atoms with Crippen molar-refractivity contribution < 1.29 is 9.52 Å². The molecule has 22 heavy (non-hydrogen) atoms. The summed E-state index contributed by atoms with van der Waals surface area (Å²) in [4.78, 5) is 12.2. The Morgan fingerprint density at radius 2 is 1.91 bits per heavy atom. The van der Waals surface area contributed by atoms with Crippen LogP contribution in [0.2, 0.25) is 0 Å². The van der Waals surface area contributed by atoms with E-state index < -0.39 is 0 Å². The molecule has 0 aromatic carbocycles. The minimum atomic E-state index is -0.345. The number of hydrogen-bond acceptors (Lipinski definition) is 3. The lowest BCUT2D eigenvalue weighted by Crippen LogP contribution is -2.42. The summed E-state index contributed by atoms with van der Waals surface area (Å²) >= 11 is 0. The lowest BCUT2D eigenvalue weighted by molar-refractivity contribution is 0.00125. The van der Waals surface area contributed by atoms with E-state index >= 15 is 0 Å². The van der Waals surface area contributed by atoms with E-state index in [0.717, 1.165) is 5.92 Å². The Bertz CT molecular complexity index is 614. The molecule has 1 aromatic heterocycles. The van der Waals surface area contributed by atoms with E-state index in [1.807, 2.05) is 6.92 Å². The maximum Gasteiger partial charge on any atom is 0.342 e. The van der Waals surface area contributed by atoms with Crippen LogP contribution in [0.3, 0.4) is 0 Å². The van der Waals surface area contributed by atoms with Gasteiger partial charge in [0, 0.05) is 5.56 Å². The molecule has 0 bridgehead atoms. The van der Waals surface area contributed by atoms with E-state index in [9.17, 15) is 9.90 Å². The molecule has 3 heteroatoms. The van der Waals surface area contributed by atoms with Crippen molar-refractivity contribution in [1.82, 2.24) is 0 Å². The first-order valence-electron chi connectivity index (χ1n) is 8.75. The van der Waals surface area contributed by atoms with Crippen molar-refractivity contribution in [3.05, 3.63) is 27.3 Å². The second kappa shape index (κ2) is 5.75. The second-order valence-corrected chi connectivity index (χ2v) is 7.68. The fraction of sp³-hybridized carbons (Fsp3) is 0.737. The standard InChI is InChI=1S/C19H28O3/c1-12-13(2)22-18(21)16(17(12)20)11-15-9-6-8-14-7-4-5-10-19(14,15)3/h14-15,20H,4-11H2,1-3H3/t14-,15+,19+/m1/s1. The van der Waals surface area contributed by atoms with Crippen LogP contribution < -0.4 is 5.63 Å². The highest BCUT2D eigenvalue weighted by atomic mass is 16.4. The topological polar surface area (TPSA) is 50.4 Å². The molecule has 1 heterocycles. The first kappa shape index (κ1) is 15.6. The molecule has 0 saturated heterocycles. The normalized spacial score (nSPS) is 31.8. The zero-order valence-corrected chi connectivity index (χ0v) is 14.1. The van der Waals surface area contributed by atoms with Crippen LogP contribution in [0, 0.1) is 31.1 Å². The molecule has 1 aromatic rings. The third-order valence-electron chi connectivity index (χ3n) is 6.60. The molecule has 1 N–H and O–H groups in total. The maximum atomic E-state index is 12.2. The first-order valence-corrected chi connectivity index (χ1v) is 8.75. The quantitative estimate of drug-likeness (QED) is 0.875. The molecule has 3 rings (SSSR count). The van der Waals surface area contributed by atoms with Gasteiger partial charge in [-0.3, -0.25) is 0 Å². The van der Waals surface area contributed by atoms with Gasteiger partial charge in [0.25, 0.3) is 0 Å². The molecular formula is C19H28O3. The Labute approximate surface area is 132 Å². The van der Waals surface area contributed by atoms with Gasteiger partial charge in [0.15, 0.2) is 0 Å². The predicted molar refractivity (Wildman–Crippen MR) is 87.2 cm³/mol. The average Bonchev–Trinajstić information content (AvgIpc) is 2.49. The number of aryl methyl sites for hydroxylation is 1. The maximum absolute atomic E-state index is 12.2. The van der Waals surface area contributed by atoms with E-state index in [1.165, 1.54) is 44.9 Å². The minimum Gasteiger partial charge on any atom is -0.507 e. The van der Waals surface area contributed by atoms with Crippen molar-refractivity contribution in [2.75, 3.05) is 0 Å². The van der Waals surface area contributed by atoms with Crippen LogP contribution in [-0.4, -0.2) is 5.11 Å². The summed E-state index contributed by atoms with van der Waals surface area (Å²) in [7, 11) is 0. The third-order valence-corrected chi connectivity index (χ3v) is 6.60. The minimum absolute atomic E-state index is 0.162. The first-order chi connectivity index (χ1) is 10.4. The number of hydrogen-bond donors (Lipinski definition) is 1. The van der Waals surface area contributed by atoms with Gasteiger partial charge in [-0.25, -0.2) is 4.79 Å². The molecule has 122 valence electrons. The molecule has 0 spiro atoms. The SMILES string of the molecule is Cc1oc(=O)c(C[C@@H]2CCC[C@H]3CCCC[C@@]32C)c(O)c1C. The van der Waals surface area contributed by atoms with E-state index in [4.69, 9.17) is 4.42 Å². The van der Waals surface area contributed by atoms with Crippen molar-refractivity contribution in [1.29, 1.82) is 0 Å². The monoisotopic (exact) mass is 304 g/mol. The average molecular weight is 304 g/mol. The molecule has 3 nitrogen and oxygen atoms in total. The van der Waals surface area contributed by atoms with Crippen LogP contribution >= 0.6 is 0 Å². The zero-order chi connectivity index (χ0) is 15.9. The van der Waals surface area contributed by atoms with E-state index in [0.29, 0.717) is 34.6 Å². The third kappa shape index (κ3) is 2.49. The summed E-state index contributed by atoms with van der Waals surface area (Å²) in [6.07, 6.45) is 9.67. The summed E-state index contributed by atoms with van der Waals surface area (Å²) in [5, 5.41) is 10.4. The number of fused-ring (bicyclic) bond motifs is 1. The summed E-state index contributed by atoms with van der Waals surface area (Å²) in [6.45, 7) is 5.97. The summed E-state index contributed by atoms with van der Waals surface area (Å²) in [5.74, 6) is 1.97. The van der Waals surface area contributed by atoms with Crippen LogP contribution in [-0.2, 0) is 6.42 Å². The van der Waals surface area contributed by atoms with E-state index in [1.54, 1.807) is 6.92 Å². The van der Waals surface area contributed by atoms with Gasteiger partial charge < -0.3 is 9.52 Å². The van der Waals surface area contributed by atoms with Crippen molar-refractivity contribution in [3.8, 4) is 5.75 Å². The van der Waals surface area contributed by atoms with Crippen molar-refractivity contribution in [3.63, 3.8) is 0 Å². The van der Waals surface area contributed by atoms with Crippen LogP contribution in [0.15, 0.2) is 9.21 Å². The second-order valence-electron chi connectivity index (χ2n) is 7.68. The van der Waals surface area contributed by atoms with Gasteiger partial charge in [0.2, 0.25) is 0 Å². The van der Waals surface area contributed by atoms with Crippen LogP contribution in [0.5, 0.6) is 5.75 Å². The smallest absolute Gasteiger partial charge is 0.342 e. The predicted octanol–water partition coefficient (Wildman–Crippen LogP) is 4.50. The molecule has 0 aliphatic heterocycles.